The Hall–Kier alpha value is -5.92. The minimum Gasteiger partial charge on any atom is -0.456 e. The number of hydrogen-bond acceptors (Lipinski definition) is 1. The van der Waals surface area contributed by atoms with Crippen LogP contribution in [-0.4, -0.2) is 0 Å². The predicted molar refractivity (Wildman–Crippen MR) is 190 cm³/mol. The Kier molecular flexibility index (Phi) is 3.87. The maximum atomic E-state index is 9.65. The molecule has 1 nitrogen and oxygen atoms in total. The van der Waals surface area contributed by atoms with Gasteiger partial charge in [0.05, 0.1) is 15.1 Å². The highest BCUT2D eigenvalue weighted by Crippen LogP contribution is 2.45. The quantitative estimate of drug-likeness (QED) is 0.188. The van der Waals surface area contributed by atoms with Gasteiger partial charge in [-0.2, -0.15) is 0 Å². The van der Waals surface area contributed by atoms with Gasteiger partial charge in [-0.25, -0.2) is 0 Å². The highest BCUT2D eigenvalue weighted by molar-refractivity contribution is 6.22. The largest absolute Gasteiger partial charge is 0.456 e. The van der Waals surface area contributed by atoms with E-state index in [0.717, 1.165) is 16.3 Å². The van der Waals surface area contributed by atoms with Crippen LogP contribution < -0.4 is 0 Å². The van der Waals surface area contributed by atoms with Crippen molar-refractivity contribution in [3.8, 4) is 44.5 Å². The molecule has 0 N–H and O–H groups in total. The average molecular weight is 584 g/mol. The van der Waals surface area contributed by atoms with Crippen molar-refractivity contribution >= 4 is 43.5 Å². The van der Waals surface area contributed by atoms with E-state index in [4.69, 9.17) is 15.4 Å². The summed E-state index contributed by atoms with van der Waals surface area (Å²) < 4.78 is 103. The SMILES string of the molecule is [2H]c1c([2H])c([2H])c(-c2cccc(-c3c4ccccc4c(-c4c([2H])c([2H])c5c(oc6c([2H])c([2H])c([2H])c(-c7ccccc7)c65)c4[2H])c4ccccc34)c2)c([2H])c1[2H]. The van der Waals surface area contributed by atoms with Gasteiger partial charge in [-0.3, -0.25) is 0 Å². The molecule has 45 heavy (non-hydrogen) atoms. The second-order valence-electron chi connectivity index (χ2n) is 10.8. The van der Waals surface area contributed by atoms with Gasteiger partial charge in [0, 0.05) is 10.8 Å². The van der Waals surface area contributed by atoms with Crippen molar-refractivity contribution in [2.24, 2.45) is 0 Å². The van der Waals surface area contributed by atoms with Gasteiger partial charge in [0.2, 0.25) is 0 Å². The van der Waals surface area contributed by atoms with E-state index in [-0.39, 0.29) is 81.4 Å². The molecule has 0 atom stereocenters. The Morgan fingerprint density at radius 3 is 1.73 bits per heavy atom. The monoisotopic (exact) mass is 583 g/mol. The van der Waals surface area contributed by atoms with Crippen LogP contribution in [0.15, 0.2) is 174 Å². The molecule has 9 rings (SSSR count). The standard InChI is InChI=1S/C44H28O/c1-3-13-29(14-4-1)31-17-11-18-32(27-31)42-35-19-7-9-21-37(35)43(38-22-10-8-20-36(38)42)33-25-26-39-41(28-33)45-40-24-12-23-34(44(39)40)30-15-5-2-6-16-30/h1-28H/i1D,3D,4D,12D,13D,14D,23D,24D,25D,26D,28D. The van der Waals surface area contributed by atoms with Crippen molar-refractivity contribution in [3.63, 3.8) is 0 Å². The van der Waals surface area contributed by atoms with Gasteiger partial charge < -0.3 is 4.42 Å². The molecule has 9 aromatic rings. The maximum Gasteiger partial charge on any atom is 0.136 e. The fraction of sp³-hybridized carbons (Fsp3) is 0. The summed E-state index contributed by atoms with van der Waals surface area (Å²) in [6.45, 7) is 0. The van der Waals surface area contributed by atoms with Gasteiger partial charge in [-0.1, -0.05) is 145 Å². The van der Waals surface area contributed by atoms with E-state index in [1.54, 1.807) is 42.5 Å². The summed E-state index contributed by atoms with van der Waals surface area (Å²) in [6.07, 6.45) is 0. The first kappa shape index (κ1) is 16.8. The lowest BCUT2D eigenvalue weighted by Crippen LogP contribution is -1.91. The predicted octanol–water partition coefficient (Wildman–Crippen LogP) is 12.6. The van der Waals surface area contributed by atoms with Gasteiger partial charge >= 0.3 is 0 Å². The second-order valence-corrected chi connectivity index (χ2v) is 10.8. The lowest BCUT2D eigenvalue weighted by Gasteiger charge is -2.18. The summed E-state index contributed by atoms with van der Waals surface area (Å²) in [5, 5.41) is 3.26. The van der Waals surface area contributed by atoms with Crippen molar-refractivity contribution in [2.75, 3.05) is 0 Å². The van der Waals surface area contributed by atoms with E-state index in [2.05, 4.69) is 0 Å². The molecule has 0 spiro atoms. The van der Waals surface area contributed by atoms with Crippen LogP contribution >= 0.6 is 0 Å². The van der Waals surface area contributed by atoms with Gasteiger partial charge in [0.25, 0.3) is 0 Å². The molecule has 0 aliphatic heterocycles. The zero-order chi connectivity index (χ0) is 39.3. The molecular formula is C44H28O. The summed E-state index contributed by atoms with van der Waals surface area (Å²) in [4.78, 5) is 0. The highest BCUT2D eigenvalue weighted by Gasteiger charge is 2.19. The van der Waals surface area contributed by atoms with E-state index in [0.29, 0.717) is 38.6 Å². The smallest absolute Gasteiger partial charge is 0.136 e. The fourth-order valence-corrected chi connectivity index (χ4v) is 6.33. The zero-order valence-electron chi connectivity index (χ0n) is 34.7. The summed E-state index contributed by atoms with van der Waals surface area (Å²) in [5.41, 5.74) is 3.57. The molecule has 1 heteroatoms. The highest BCUT2D eigenvalue weighted by atomic mass is 16.3. The topological polar surface area (TPSA) is 13.1 Å². The lowest BCUT2D eigenvalue weighted by molar-refractivity contribution is 0.669. The second kappa shape index (κ2) is 10.4. The molecule has 1 aromatic heterocycles. The molecule has 0 bridgehead atoms. The normalized spacial score (nSPS) is 15.0. The van der Waals surface area contributed by atoms with Gasteiger partial charge in [0.1, 0.15) is 11.2 Å². The molecule has 0 saturated heterocycles. The molecule has 0 aliphatic carbocycles. The summed E-state index contributed by atoms with van der Waals surface area (Å²) >= 11 is 0. The number of fused-ring (bicyclic) bond motifs is 5. The van der Waals surface area contributed by atoms with Crippen molar-refractivity contribution in [1.82, 2.24) is 0 Å². The van der Waals surface area contributed by atoms with E-state index in [1.807, 2.05) is 60.7 Å². The van der Waals surface area contributed by atoms with Gasteiger partial charge in [-0.15, -0.1) is 0 Å². The molecule has 8 aromatic carbocycles. The zero-order valence-corrected chi connectivity index (χ0v) is 23.7. The van der Waals surface area contributed by atoms with Crippen LogP contribution in [0.5, 0.6) is 0 Å². The lowest BCUT2D eigenvalue weighted by atomic mass is 9.85. The van der Waals surface area contributed by atoms with E-state index >= 15 is 0 Å². The first-order chi connectivity index (χ1) is 26.9. The van der Waals surface area contributed by atoms with Crippen LogP contribution in [-0.2, 0) is 0 Å². The van der Waals surface area contributed by atoms with E-state index < -0.39 is 18.1 Å². The molecule has 0 fully saturated rings. The Balaban J connectivity index is 1.36. The summed E-state index contributed by atoms with van der Waals surface area (Å²) in [7, 11) is 0. The van der Waals surface area contributed by atoms with Gasteiger partial charge in [-0.05, 0) is 90.2 Å². The Morgan fingerprint density at radius 2 is 1.02 bits per heavy atom. The van der Waals surface area contributed by atoms with Crippen LogP contribution in [0.4, 0.5) is 0 Å². The Labute approximate surface area is 277 Å². The number of rotatable bonds is 4. The molecular weight excluding hydrogens is 544 g/mol. The van der Waals surface area contributed by atoms with Crippen LogP contribution in [0.25, 0.3) is 88.0 Å². The molecule has 0 saturated carbocycles. The van der Waals surface area contributed by atoms with Crippen LogP contribution in [0.1, 0.15) is 15.1 Å². The maximum absolute atomic E-state index is 9.65. The third kappa shape index (κ3) is 4.17. The van der Waals surface area contributed by atoms with Crippen molar-refractivity contribution in [1.29, 1.82) is 0 Å². The molecule has 1 heterocycles. The molecule has 0 unspecified atom stereocenters. The first-order valence-corrected chi connectivity index (χ1v) is 14.5. The van der Waals surface area contributed by atoms with Crippen LogP contribution in [0, 0.1) is 0 Å². The van der Waals surface area contributed by atoms with E-state index in [9.17, 15) is 4.11 Å². The molecule has 210 valence electrons. The van der Waals surface area contributed by atoms with E-state index in [1.165, 1.54) is 0 Å². The van der Waals surface area contributed by atoms with Crippen molar-refractivity contribution in [2.45, 2.75) is 0 Å². The molecule has 0 radical (unpaired) electrons. The van der Waals surface area contributed by atoms with Crippen molar-refractivity contribution < 1.29 is 19.5 Å². The average Bonchev–Trinajstić information content (AvgIpc) is 3.62. The molecule has 0 amide bonds. The first-order valence-electron chi connectivity index (χ1n) is 20.0. The minimum absolute atomic E-state index is 0.0183. The summed E-state index contributed by atoms with van der Waals surface area (Å²) in [5.74, 6) is 0. The van der Waals surface area contributed by atoms with Gasteiger partial charge in [0.15, 0.2) is 0 Å². The summed E-state index contributed by atoms with van der Waals surface area (Å²) in [6, 6.07) is 27.8. The Bertz CT molecular complexity index is 3070. The number of benzene rings is 8. The number of furan rings is 1. The third-order valence-corrected chi connectivity index (χ3v) is 8.26. The van der Waals surface area contributed by atoms with Crippen LogP contribution in [0.3, 0.4) is 0 Å². The minimum atomic E-state index is -0.467. The fourth-order valence-electron chi connectivity index (χ4n) is 6.33. The van der Waals surface area contributed by atoms with Crippen molar-refractivity contribution in [3.05, 3.63) is 170 Å². The Morgan fingerprint density at radius 1 is 0.400 bits per heavy atom. The van der Waals surface area contributed by atoms with Crippen LogP contribution in [0.2, 0.25) is 0 Å². The molecule has 0 aliphatic rings. The third-order valence-electron chi connectivity index (χ3n) is 8.26. The number of hydrogen-bond donors (Lipinski definition) is 0.